The molecule has 0 radical (unpaired) electrons. The fourth-order valence-corrected chi connectivity index (χ4v) is 3.55. The lowest BCUT2D eigenvalue weighted by Gasteiger charge is -2.22. The predicted octanol–water partition coefficient (Wildman–Crippen LogP) is 2.95. The Hall–Kier alpha value is -2.86. The summed E-state index contributed by atoms with van der Waals surface area (Å²) in [6, 6.07) is 11.3. The van der Waals surface area contributed by atoms with Crippen LogP contribution in [0, 0.1) is 12.8 Å². The number of pyridine rings is 1. The molecule has 1 atom stereocenters. The highest BCUT2D eigenvalue weighted by atomic mass is 16.5. The number of fused-ring (bicyclic) bond motifs is 1. The molecule has 1 amide bonds. The summed E-state index contributed by atoms with van der Waals surface area (Å²) >= 11 is 0. The van der Waals surface area contributed by atoms with Crippen LogP contribution in [0.1, 0.15) is 34.5 Å². The van der Waals surface area contributed by atoms with Crippen LogP contribution >= 0.6 is 0 Å². The first-order chi connectivity index (χ1) is 13.7. The fourth-order valence-electron chi connectivity index (χ4n) is 3.55. The Morgan fingerprint density at radius 3 is 3.11 bits per heavy atom. The molecule has 1 aliphatic heterocycles. The van der Waals surface area contributed by atoms with E-state index < -0.39 is 0 Å². The minimum atomic E-state index is -0.0563. The standard InChI is InChI=1S/C22H26N4O2/c1-16-7-8-21-25-19(14-26(21)13-16)15-28-20-6-2-5-18(10-20)22(27)24-12-17-4-3-9-23-11-17/h2,5-8,10,13-14,17,23H,3-4,9,11-12,15H2,1H3,(H,24,27). The molecule has 1 fully saturated rings. The van der Waals surface area contributed by atoms with Gasteiger partial charge in [-0.05, 0) is 68.6 Å². The highest BCUT2D eigenvalue weighted by Gasteiger charge is 2.15. The molecule has 3 aromatic rings. The zero-order chi connectivity index (χ0) is 19.3. The molecule has 2 aromatic heterocycles. The van der Waals surface area contributed by atoms with E-state index in [0.29, 0.717) is 30.4 Å². The number of aromatic nitrogens is 2. The summed E-state index contributed by atoms with van der Waals surface area (Å²) in [5, 5.41) is 6.42. The number of benzene rings is 1. The minimum absolute atomic E-state index is 0.0563. The van der Waals surface area contributed by atoms with Gasteiger partial charge in [-0.15, -0.1) is 0 Å². The Morgan fingerprint density at radius 1 is 1.32 bits per heavy atom. The maximum Gasteiger partial charge on any atom is 0.251 e. The van der Waals surface area contributed by atoms with E-state index in [9.17, 15) is 4.79 Å². The SMILES string of the molecule is Cc1ccc2nc(COc3cccc(C(=O)NCC4CCCNC4)c3)cn2c1. The second-order valence-corrected chi connectivity index (χ2v) is 7.44. The zero-order valence-electron chi connectivity index (χ0n) is 16.1. The monoisotopic (exact) mass is 378 g/mol. The lowest BCUT2D eigenvalue weighted by atomic mass is 9.99. The third kappa shape index (κ3) is 4.51. The number of hydrogen-bond acceptors (Lipinski definition) is 4. The number of carbonyl (C=O) groups is 1. The molecule has 6 nitrogen and oxygen atoms in total. The molecular weight excluding hydrogens is 352 g/mol. The average Bonchev–Trinajstić information content (AvgIpc) is 3.13. The number of imidazole rings is 1. The topological polar surface area (TPSA) is 67.7 Å². The molecule has 0 bridgehead atoms. The molecule has 1 unspecified atom stereocenters. The summed E-state index contributed by atoms with van der Waals surface area (Å²) in [7, 11) is 0. The van der Waals surface area contributed by atoms with Crippen molar-refractivity contribution < 1.29 is 9.53 Å². The van der Waals surface area contributed by atoms with E-state index in [4.69, 9.17) is 4.74 Å². The molecule has 1 aromatic carbocycles. The number of carbonyl (C=O) groups excluding carboxylic acids is 1. The summed E-state index contributed by atoms with van der Waals surface area (Å²) in [4.78, 5) is 17.0. The van der Waals surface area contributed by atoms with E-state index in [-0.39, 0.29) is 5.91 Å². The van der Waals surface area contributed by atoms with Gasteiger partial charge in [-0.1, -0.05) is 12.1 Å². The molecule has 6 heteroatoms. The Morgan fingerprint density at radius 2 is 2.25 bits per heavy atom. The summed E-state index contributed by atoms with van der Waals surface area (Å²) in [6.45, 7) is 5.17. The van der Waals surface area contributed by atoms with E-state index >= 15 is 0 Å². The molecule has 28 heavy (non-hydrogen) atoms. The van der Waals surface area contributed by atoms with Crippen LogP contribution < -0.4 is 15.4 Å². The molecule has 3 heterocycles. The Balaban J connectivity index is 1.35. The van der Waals surface area contributed by atoms with E-state index in [0.717, 1.165) is 30.9 Å². The van der Waals surface area contributed by atoms with Gasteiger partial charge in [-0.2, -0.15) is 0 Å². The smallest absolute Gasteiger partial charge is 0.251 e. The number of amides is 1. The number of nitrogens with one attached hydrogen (secondary N) is 2. The largest absolute Gasteiger partial charge is 0.487 e. The lowest BCUT2D eigenvalue weighted by Crippen LogP contribution is -2.38. The molecule has 1 saturated heterocycles. The Labute approximate surface area is 164 Å². The first-order valence-electron chi connectivity index (χ1n) is 9.83. The van der Waals surface area contributed by atoms with E-state index in [1.54, 1.807) is 6.07 Å². The summed E-state index contributed by atoms with van der Waals surface area (Å²) in [6.07, 6.45) is 6.34. The average molecular weight is 378 g/mol. The van der Waals surface area contributed by atoms with Crippen molar-refractivity contribution >= 4 is 11.6 Å². The van der Waals surface area contributed by atoms with Gasteiger partial charge in [0, 0.05) is 24.5 Å². The zero-order valence-corrected chi connectivity index (χ0v) is 16.1. The van der Waals surface area contributed by atoms with Crippen molar-refractivity contribution in [2.45, 2.75) is 26.4 Å². The van der Waals surface area contributed by atoms with Crippen molar-refractivity contribution in [2.75, 3.05) is 19.6 Å². The second kappa shape index (κ2) is 8.44. The maximum absolute atomic E-state index is 12.5. The number of ether oxygens (including phenoxy) is 1. The number of aryl methyl sites for hydroxylation is 1. The predicted molar refractivity (Wildman–Crippen MR) is 109 cm³/mol. The fraction of sp³-hybridized carbons (Fsp3) is 0.364. The lowest BCUT2D eigenvalue weighted by molar-refractivity contribution is 0.0944. The van der Waals surface area contributed by atoms with Crippen LogP contribution in [-0.2, 0) is 6.61 Å². The third-order valence-electron chi connectivity index (χ3n) is 5.08. The van der Waals surface area contributed by atoms with Crippen molar-refractivity contribution in [3.05, 3.63) is 65.6 Å². The molecule has 1 aliphatic rings. The number of nitrogens with zero attached hydrogens (tertiary/aromatic N) is 2. The van der Waals surface area contributed by atoms with Crippen molar-refractivity contribution in [1.29, 1.82) is 0 Å². The van der Waals surface area contributed by atoms with Crippen LogP contribution in [-0.4, -0.2) is 34.9 Å². The van der Waals surface area contributed by atoms with Crippen molar-refractivity contribution in [3.63, 3.8) is 0 Å². The molecule has 4 rings (SSSR count). The summed E-state index contributed by atoms with van der Waals surface area (Å²) < 4.78 is 7.87. The van der Waals surface area contributed by atoms with Crippen LogP contribution in [0.3, 0.4) is 0 Å². The van der Waals surface area contributed by atoms with E-state index in [1.807, 2.05) is 47.1 Å². The van der Waals surface area contributed by atoms with Gasteiger partial charge in [0.1, 0.15) is 18.0 Å². The van der Waals surface area contributed by atoms with Gasteiger partial charge < -0.3 is 19.8 Å². The van der Waals surface area contributed by atoms with Gasteiger partial charge in [0.15, 0.2) is 0 Å². The molecule has 2 N–H and O–H groups in total. The number of hydrogen-bond donors (Lipinski definition) is 2. The Kier molecular flexibility index (Phi) is 5.58. The second-order valence-electron chi connectivity index (χ2n) is 7.44. The van der Waals surface area contributed by atoms with Crippen molar-refractivity contribution in [2.24, 2.45) is 5.92 Å². The van der Waals surface area contributed by atoms with Crippen LogP contribution in [0.4, 0.5) is 0 Å². The normalized spacial score (nSPS) is 16.8. The van der Waals surface area contributed by atoms with Crippen LogP contribution in [0.25, 0.3) is 5.65 Å². The first-order valence-corrected chi connectivity index (χ1v) is 9.83. The van der Waals surface area contributed by atoms with Crippen molar-refractivity contribution in [3.8, 4) is 5.75 Å². The summed E-state index contributed by atoms with van der Waals surface area (Å²) in [5.74, 6) is 1.12. The molecular formula is C22H26N4O2. The minimum Gasteiger partial charge on any atom is -0.487 e. The van der Waals surface area contributed by atoms with Gasteiger partial charge in [0.05, 0.1) is 5.69 Å². The number of rotatable bonds is 6. The van der Waals surface area contributed by atoms with Gasteiger partial charge >= 0.3 is 0 Å². The molecule has 146 valence electrons. The van der Waals surface area contributed by atoms with Crippen molar-refractivity contribution in [1.82, 2.24) is 20.0 Å². The van der Waals surface area contributed by atoms with Gasteiger partial charge in [0.2, 0.25) is 0 Å². The molecule has 0 aliphatic carbocycles. The summed E-state index contributed by atoms with van der Waals surface area (Å²) in [5.41, 5.74) is 3.55. The highest BCUT2D eigenvalue weighted by molar-refractivity contribution is 5.94. The van der Waals surface area contributed by atoms with Gasteiger partial charge in [0.25, 0.3) is 5.91 Å². The quantitative estimate of drug-likeness (QED) is 0.692. The van der Waals surface area contributed by atoms with E-state index in [2.05, 4.69) is 22.5 Å². The molecule has 0 saturated carbocycles. The van der Waals surface area contributed by atoms with Gasteiger partial charge in [-0.25, -0.2) is 4.98 Å². The van der Waals surface area contributed by atoms with Crippen LogP contribution in [0.15, 0.2) is 48.8 Å². The van der Waals surface area contributed by atoms with E-state index in [1.165, 1.54) is 12.0 Å². The Bertz CT molecular complexity index is 960. The first kappa shape index (κ1) is 18.5. The van der Waals surface area contributed by atoms with Crippen LogP contribution in [0.2, 0.25) is 0 Å². The molecule has 0 spiro atoms. The maximum atomic E-state index is 12.5. The van der Waals surface area contributed by atoms with Gasteiger partial charge in [-0.3, -0.25) is 4.79 Å². The third-order valence-corrected chi connectivity index (χ3v) is 5.08. The number of piperidine rings is 1. The highest BCUT2D eigenvalue weighted by Crippen LogP contribution is 2.16. The van der Waals surface area contributed by atoms with Crippen LogP contribution in [0.5, 0.6) is 5.75 Å².